The first-order valence-electron chi connectivity index (χ1n) is 9.49. The molecular weight excluding hydrogens is 304 g/mol. The molecule has 1 saturated heterocycles. The van der Waals surface area contributed by atoms with Crippen LogP contribution in [0.15, 0.2) is 0 Å². The quantitative estimate of drug-likeness (QED) is 0.585. The minimum absolute atomic E-state index is 0.0640. The minimum atomic E-state index is -0.488. The molecule has 1 heterocycles. The Morgan fingerprint density at radius 2 is 1.96 bits per heavy atom. The zero-order valence-electron chi connectivity index (χ0n) is 16.4. The van der Waals surface area contributed by atoms with Crippen LogP contribution in [0.2, 0.25) is 0 Å². The molecule has 0 aliphatic carbocycles. The topological polar surface area (TPSA) is 52.6 Å². The summed E-state index contributed by atoms with van der Waals surface area (Å²) in [6.07, 6.45) is 4.80. The van der Waals surface area contributed by atoms with E-state index < -0.39 is 5.41 Å². The molecule has 4 atom stereocenters. The number of hydrogen-bond acceptors (Lipinski definition) is 4. The minimum Gasteiger partial charge on any atom is -0.353 e. The van der Waals surface area contributed by atoms with Crippen LogP contribution in [0.5, 0.6) is 0 Å². The van der Waals surface area contributed by atoms with Gasteiger partial charge in [0, 0.05) is 17.8 Å². The predicted molar refractivity (Wildman–Crippen MR) is 95.8 cm³/mol. The second kappa shape index (κ2) is 9.67. The number of ketones is 2. The molecule has 0 radical (unpaired) electrons. The highest BCUT2D eigenvalue weighted by molar-refractivity contribution is 5.87. The summed E-state index contributed by atoms with van der Waals surface area (Å²) in [4.78, 5) is 24.2. The van der Waals surface area contributed by atoms with E-state index in [0.29, 0.717) is 24.7 Å². The van der Waals surface area contributed by atoms with Crippen LogP contribution in [0.4, 0.5) is 0 Å². The van der Waals surface area contributed by atoms with Crippen LogP contribution in [0.1, 0.15) is 80.1 Å². The molecule has 0 N–H and O–H groups in total. The highest BCUT2D eigenvalue weighted by atomic mass is 16.7. The summed E-state index contributed by atoms with van der Waals surface area (Å²) in [6.45, 7) is 12.5. The van der Waals surface area contributed by atoms with Crippen molar-refractivity contribution in [2.24, 2.45) is 17.3 Å². The fourth-order valence-electron chi connectivity index (χ4n) is 3.66. The Labute approximate surface area is 147 Å². The molecule has 0 bridgehead atoms. The molecule has 0 saturated carbocycles. The van der Waals surface area contributed by atoms with Crippen LogP contribution in [0.3, 0.4) is 0 Å². The van der Waals surface area contributed by atoms with Gasteiger partial charge in [-0.1, -0.05) is 34.1 Å². The molecular formula is C20H36O4. The van der Waals surface area contributed by atoms with E-state index in [-0.39, 0.29) is 24.1 Å². The van der Waals surface area contributed by atoms with Gasteiger partial charge in [0.25, 0.3) is 0 Å². The van der Waals surface area contributed by atoms with Crippen LogP contribution in [-0.4, -0.2) is 30.6 Å². The van der Waals surface area contributed by atoms with Crippen LogP contribution in [-0.2, 0) is 19.1 Å². The number of carbonyl (C=O) groups is 2. The predicted octanol–water partition coefficient (Wildman–Crippen LogP) is 4.54. The summed E-state index contributed by atoms with van der Waals surface area (Å²) in [7, 11) is 0. The van der Waals surface area contributed by atoms with E-state index in [1.165, 1.54) is 0 Å². The molecule has 4 nitrogen and oxygen atoms in total. The summed E-state index contributed by atoms with van der Waals surface area (Å²) in [5, 5.41) is 0. The van der Waals surface area contributed by atoms with Crippen LogP contribution >= 0.6 is 0 Å². The van der Waals surface area contributed by atoms with E-state index in [2.05, 4.69) is 13.8 Å². The molecule has 4 heteroatoms. The molecule has 1 fully saturated rings. The lowest BCUT2D eigenvalue weighted by atomic mass is 9.72. The molecule has 0 aromatic heterocycles. The van der Waals surface area contributed by atoms with Gasteiger partial charge in [-0.2, -0.15) is 0 Å². The van der Waals surface area contributed by atoms with Crippen molar-refractivity contribution in [3.8, 4) is 0 Å². The molecule has 1 aliphatic heterocycles. The number of rotatable bonds is 10. The third-order valence-corrected chi connectivity index (χ3v) is 5.30. The fraction of sp³-hybridized carbons (Fsp3) is 0.900. The summed E-state index contributed by atoms with van der Waals surface area (Å²) >= 11 is 0. The SMILES string of the molecule is CCC(CC(C)CCCC(C)=O)C(=O)C(C)(C)C1CCOC(C)O1. The normalized spacial score (nSPS) is 24.4. The molecule has 140 valence electrons. The highest BCUT2D eigenvalue weighted by Gasteiger charge is 2.42. The summed E-state index contributed by atoms with van der Waals surface area (Å²) in [5.41, 5.74) is -0.488. The van der Waals surface area contributed by atoms with E-state index in [0.717, 1.165) is 32.1 Å². The van der Waals surface area contributed by atoms with Gasteiger partial charge in [-0.15, -0.1) is 0 Å². The average molecular weight is 341 g/mol. The van der Waals surface area contributed by atoms with Crippen molar-refractivity contribution in [1.82, 2.24) is 0 Å². The first kappa shape index (κ1) is 21.3. The third-order valence-electron chi connectivity index (χ3n) is 5.30. The van der Waals surface area contributed by atoms with Gasteiger partial charge < -0.3 is 14.3 Å². The largest absolute Gasteiger partial charge is 0.353 e. The average Bonchev–Trinajstić information content (AvgIpc) is 2.51. The smallest absolute Gasteiger partial charge is 0.155 e. The van der Waals surface area contributed by atoms with Crippen molar-refractivity contribution in [2.45, 2.75) is 92.5 Å². The Morgan fingerprint density at radius 1 is 1.29 bits per heavy atom. The van der Waals surface area contributed by atoms with Crippen LogP contribution < -0.4 is 0 Å². The first-order chi connectivity index (χ1) is 11.2. The number of Topliss-reactive ketones (excluding diaryl/α,β-unsaturated/α-hetero) is 2. The molecule has 24 heavy (non-hydrogen) atoms. The third kappa shape index (κ3) is 6.29. The van der Waals surface area contributed by atoms with Crippen molar-refractivity contribution >= 4 is 11.6 Å². The Bertz CT molecular complexity index is 416. The lowest BCUT2D eigenvalue weighted by molar-refractivity contribution is -0.226. The van der Waals surface area contributed by atoms with Gasteiger partial charge in [0.05, 0.1) is 12.7 Å². The maximum atomic E-state index is 13.1. The zero-order chi connectivity index (χ0) is 18.3. The van der Waals surface area contributed by atoms with Crippen molar-refractivity contribution in [3.63, 3.8) is 0 Å². The lowest BCUT2D eigenvalue weighted by Crippen LogP contribution is -2.47. The van der Waals surface area contributed by atoms with Crippen molar-refractivity contribution in [1.29, 1.82) is 0 Å². The van der Waals surface area contributed by atoms with E-state index in [9.17, 15) is 9.59 Å². The number of ether oxygens (including phenoxy) is 2. The molecule has 0 spiro atoms. The molecule has 0 aromatic rings. The van der Waals surface area contributed by atoms with Crippen LogP contribution in [0, 0.1) is 17.3 Å². The summed E-state index contributed by atoms with van der Waals surface area (Å²) < 4.78 is 11.3. The second-order valence-electron chi connectivity index (χ2n) is 7.98. The highest BCUT2D eigenvalue weighted by Crippen LogP contribution is 2.36. The molecule has 1 aliphatic rings. The van der Waals surface area contributed by atoms with Gasteiger partial charge >= 0.3 is 0 Å². The van der Waals surface area contributed by atoms with Gasteiger partial charge in [0.1, 0.15) is 11.6 Å². The van der Waals surface area contributed by atoms with E-state index >= 15 is 0 Å². The summed E-state index contributed by atoms with van der Waals surface area (Å²) in [6, 6.07) is 0. The Morgan fingerprint density at radius 3 is 2.50 bits per heavy atom. The Hall–Kier alpha value is -0.740. The maximum Gasteiger partial charge on any atom is 0.155 e. The van der Waals surface area contributed by atoms with Crippen molar-refractivity contribution < 1.29 is 19.1 Å². The van der Waals surface area contributed by atoms with Gasteiger partial charge in [0.2, 0.25) is 0 Å². The van der Waals surface area contributed by atoms with Crippen molar-refractivity contribution in [3.05, 3.63) is 0 Å². The second-order valence-corrected chi connectivity index (χ2v) is 7.98. The van der Waals surface area contributed by atoms with Crippen LogP contribution in [0.25, 0.3) is 0 Å². The van der Waals surface area contributed by atoms with Gasteiger partial charge in [-0.25, -0.2) is 0 Å². The maximum absolute atomic E-state index is 13.1. The van der Waals surface area contributed by atoms with E-state index in [4.69, 9.17) is 9.47 Å². The van der Waals surface area contributed by atoms with Gasteiger partial charge in [0.15, 0.2) is 6.29 Å². The number of hydrogen-bond donors (Lipinski definition) is 0. The molecule has 0 amide bonds. The van der Waals surface area contributed by atoms with E-state index in [1.54, 1.807) is 6.92 Å². The fourth-order valence-corrected chi connectivity index (χ4v) is 3.66. The molecule has 1 rings (SSSR count). The number of carbonyl (C=O) groups excluding carboxylic acids is 2. The monoisotopic (exact) mass is 340 g/mol. The lowest BCUT2D eigenvalue weighted by Gasteiger charge is -2.40. The molecule has 4 unspecified atom stereocenters. The standard InChI is InChI=1S/C20H36O4/c1-7-17(13-14(2)9-8-10-15(3)21)19(22)20(5,6)18-11-12-23-16(4)24-18/h14,16-18H,7-13H2,1-6H3. The Balaban J connectivity index is 2.61. The van der Waals surface area contributed by atoms with E-state index in [1.807, 2.05) is 20.8 Å². The van der Waals surface area contributed by atoms with Gasteiger partial charge in [-0.3, -0.25) is 4.79 Å². The Kier molecular flexibility index (Phi) is 8.58. The van der Waals surface area contributed by atoms with Crippen molar-refractivity contribution in [2.75, 3.05) is 6.61 Å². The zero-order valence-corrected chi connectivity index (χ0v) is 16.4. The van der Waals surface area contributed by atoms with Gasteiger partial charge in [-0.05, 0) is 45.4 Å². The summed E-state index contributed by atoms with van der Waals surface area (Å²) in [5.74, 6) is 1.08. The molecule has 0 aromatic carbocycles. The first-order valence-corrected chi connectivity index (χ1v) is 9.49.